The van der Waals surface area contributed by atoms with E-state index in [9.17, 15) is 4.79 Å². The van der Waals surface area contributed by atoms with Crippen LogP contribution >= 0.6 is 0 Å². The summed E-state index contributed by atoms with van der Waals surface area (Å²) in [6.45, 7) is 3.97. The number of amides is 1. The number of piperazine rings is 1. The Morgan fingerprint density at radius 2 is 2.03 bits per heavy atom. The van der Waals surface area contributed by atoms with Crippen LogP contribution in [-0.2, 0) is 0 Å². The lowest BCUT2D eigenvalue weighted by Crippen LogP contribution is -2.44. The lowest BCUT2D eigenvalue weighted by Gasteiger charge is -2.28. The van der Waals surface area contributed by atoms with Gasteiger partial charge in [-0.1, -0.05) is 24.3 Å². The number of nitriles is 1. The van der Waals surface area contributed by atoms with E-state index < -0.39 is 0 Å². The zero-order chi connectivity index (χ0) is 21.4. The minimum absolute atomic E-state index is 0.177. The summed E-state index contributed by atoms with van der Waals surface area (Å²) in [5, 5.41) is 15.5. The number of nitrogens with one attached hydrogen (secondary N) is 2. The number of carbonyl (C=O) groups excluding carboxylic acids is 1. The van der Waals surface area contributed by atoms with Gasteiger partial charge in [0.15, 0.2) is 0 Å². The third kappa shape index (κ3) is 3.65. The van der Waals surface area contributed by atoms with Gasteiger partial charge in [-0.05, 0) is 60.4 Å². The van der Waals surface area contributed by atoms with Crippen molar-refractivity contribution in [3.8, 4) is 17.2 Å². The average molecular weight is 409 g/mol. The quantitative estimate of drug-likeness (QED) is 0.686. The fourth-order valence-corrected chi connectivity index (χ4v) is 4.53. The highest BCUT2D eigenvalue weighted by molar-refractivity contribution is 6.05. The second kappa shape index (κ2) is 7.86. The maximum absolute atomic E-state index is 12.8. The molecule has 3 heterocycles. The Kier molecular flexibility index (Phi) is 4.89. The van der Waals surface area contributed by atoms with Crippen molar-refractivity contribution in [2.75, 3.05) is 23.3 Å². The van der Waals surface area contributed by atoms with E-state index in [1.54, 1.807) is 18.3 Å². The van der Waals surface area contributed by atoms with E-state index in [-0.39, 0.29) is 5.91 Å². The first-order valence-corrected chi connectivity index (χ1v) is 10.5. The highest BCUT2D eigenvalue weighted by Gasteiger charge is 2.38. The zero-order valence-electron chi connectivity index (χ0n) is 17.3. The molecule has 0 spiro atoms. The molecule has 5 rings (SSSR count). The zero-order valence-corrected chi connectivity index (χ0v) is 17.3. The predicted molar refractivity (Wildman–Crippen MR) is 121 cm³/mol. The van der Waals surface area contributed by atoms with Crippen molar-refractivity contribution in [1.82, 2.24) is 10.3 Å². The second-order valence-electron chi connectivity index (χ2n) is 8.17. The Labute approximate surface area is 181 Å². The molecule has 6 nitrogen and oxygen atoms in total. The molecule has 2 aliphatic rings. The van der Waals surface area contributed by atoms with Gasteiger partial charge in [-0.3, -0.25) is 4.79 Å². The number of aromatic nitrogens is 1. The Balaban J connectivity index is 1.33. The molecule has 3 aromatic rings. The van der Waals surface area contributed by atoms with Crippen LogP contribution in [0.15, 0.2) is 60.8 Å². The van der Waals surface area contributed by atoms with Gasteiger partial charge in [0.05, 0.1) is 17.2 Å². The molecule has 1 aromatic heterocycles. The minimum Gasteiger partial charge on any atom is -0.351 e. The van der Waals surface area contributed by atoms with Crippen molar-refractivity contribution in [1.29, 1.82) is 5.26 Å². The molecular weight excluding hydrogens is 386 g/mol. The summed E-state index contributed by atoms with van der Waals surface area (Å²) in [5.74, 6) is 0.758. The summed E-state index contributed by atoms with van der Waals surface area (Å²) in [7, 11) is 0. The Morgan fingerprint density at radius 1 is 1.19 bits per heavy atom. The van der Waals surface area contributed by atoms with Gasteiger partial charge in [0, 0.05) is 37.1 Å². The summed E-state index contributed by atoms with van der Waals surface area (Å²) in [4.78, 5) is 19.7. The van der Waals surface area contributed by atoms with Gasteiger partial charge in [0.2, 0.25) is 0 Å². The SMILES string of the molecule is Cc1c(NC(=O)c2ccc(N3C[C@H]4C[C@H]3CN4)nc2)cccc1-c1ccc(C#N)cc1. The molecule has 0 saturated carbocycles. The number of hydrogen-bond donors (Lipinski definition) is 2. The van der Waals surface area contributed by atoms with E-state index in [0.29, 0.717) is 23.2 Å². The summed E-state index contributed by atoms with van der Waals surface area (Å²) in [5.41, 5.74) is 4.93. The smallest absolute Gasteiger partial charge is 0.257 e. The van der Waals surface area contributed by atoms with Crippen LogP contribution < -0.4 is 15.5 Å². The summed E-state index contributed by atoms with van der Waals surface area (Å²) in [6, 6.07) is 20.3. The number of benzene rings is 2. The number of pyridine rings is 1. The normalized spacial score (nSPS) is 19.3. The molecule has 2 fully saturated rings. The molecule has 2 bridgehead atoms. The summed E-state index contributed by atoms with van der Waals surface area (Å²) >= 11 is 0. The first-order valence-electron chi connectivity index (χ1n) is 10.5. The molecule has 2 N–H and O–H groups in total. The Morgan fingerprint density at radius 3 is 2.68 bits per heavy atom. The Hall–Kier alpha value is -3.69. The lowest BCUT2D eigenvalue weighted by atomic mass is 9.98. The van der Waals surface area contributed by atoms with E-state index in [4.69, 9.17) is 5.26 Å². The van der Waals surface area contributed by atoms with Gasteiger partial charge < -0.3 is 15.5 Å². The molecule has 0 radical (unpaired) electrons. The van der Waals surface area contributed by atoms with Crippen molar-refractivity contribution in [2.45, 2.75) is 25.4 Å². The van der Waals surface area contributed by atoms with E-state index in [1.165, 1.54) is 6.42 Å². The van der Waals surface area contributed by atoms with Crippen LogP contribution in [0.5, 0.6) is 0 Å². The van der Waals surface area contributed by atoms with Gasteiger partial charge in [0.25, 0.3) is 5.91 Å². The largest absolute Gasteiger partial charge is 0.351 e. The number of anilines is 2. The maximum atomic E-state index is 12.8. The summed E-state index contributed by atoms with van der Waals surface area (Å²) in [6.07, 6.45) is 2.82. The van der Waals surface area contributed by atoms with Crippen LogP contribution in [0, 0.1) is 18.3 Å². The number of carbonyl (C=O) groups is 1. The monoisotopic (exact) mass is 409 g/mol. The number of hydrogen-bond acceptors (Lipinski definition) is 5. The third-order valence-corrected chi connectivity index (χ3v) is 6.27. The number of rotatable bonds is 4. The predicted octanol–water partition coefficient (Wildman–Crippen LogP) is 3.73. The van der Waals surface area contributed by atoms with Crippen LogP contribution in [0.25, 0.3) is 11.1 Å². The van der Waals surface area contributed by atoms with Gasteiger partial charge in [0.1, 0.15) is 5.82 Å². The van der Waals surface area contributed by atoms with Crippen molar-refractivity contribution < 1.29 is 4.79 Å². The topological polar surface area (TPSA) is 81.1 Å². The van der Waals surface area contributed by atoms with Gasteiger partial charge in [-0.2, -0.15) is 5.26 Å². The fraction of sp³-hybridized carbons (Fsp3) is 0.240. The third-order valence-electron chi connectivity index (χ3n) is 6.27. The van der Waals surface area contributed by atoms with E-state index >= 15 is 0 Å². The molecule has 154 valence electrons. The van der Waals surface area contributed by atoms with E-state index in [2.05, 4.69) is 26.6 Å². The maximum Gasteiger partial charge on any atom is 0.257 e. The van der Waals surface area contributed by atoms with Crippen LogP contribution in [-0.4, -0.2) is 36.1 Å². The first-order chi connectivity index (χ1) is 15.1. The molecule has 6 heteroatoms. The highest BCUT2D eigenvalue weighted by Crippen LogP contribution is 2.30. The number of fused-ring (bicyclic) bond motifs is 2. The average Bonchev–Trinajstić information content (AvgIpc) is 3.45. The van der Waals surface area contributed by atoms with Crippen molar-refractivity contribution in [3.63, 3.8) is 0 Å². The molecular formula is C25H23N5O. The lowest BCUT2D eigenvalue weighted by molar-refractivity contribution is 0.102. The first kappa shape index (κ1) is 19.3. The molecule has 31 heavy (non-hydrogen) atoms. The Bertz CT molecular complexity index is 1160. The summed E-state index contributed by atoms with van der Waals surface area (Å²) < 4.78 is 0. The highest BCUT2D eigenvalue weighted by atomic mass is 16.1. The van der Waals surface area contributed by atoms with Crippen molar-refractivity contribution >= 4 is 17.4 Å². The molecule has 2 aliphatic heterocycles. The van der Waals surface area contributed by atoms with Crippen molar-refractivity contribution in [3.05, 3.63) is 77.5 Å². The van der Waals surface area contributed by atoms with Crippen molar-refractivity contribution in [2.24, 2.45) is 0 Å². The van der Waals surface area contributed by atoms with Crippen LogP contribution in [0.1, 0.15) is 27.9 Å². The van der Waals surface area contributed by atoms with Gasteiger partial charge >= 0.3 is 0 Å². The molecule has 2 aromatic carbocycles. The molecule has 2 saturated heterocycles. The minimum atomic E-state index is -0.177. The van der Waals surface area contributed by atoms with Gasteiger partial charge in [-0.15, -0.1) is 0 Å². The molecule has 1 amide bonds. The number of nitrogens with zero attached hydrogens (tertiary/aromatic N) is 3. The van der Waals surface area contributed by atoms with Crippen LogP contribution in [0.2, 0.25) is 0 Å². The standard InChI is InChI=1S/C25H23N5O/c1-16-22(18-7-5-17(12-26)6-8-18)3-2-4-23(16)29-25(31)19-9-10-24(28-13-19)30-15-20-11-21(30)14-27-20/h2-10,13,20-21,27H,11,14-15H2,1H3,(H,29,31)/t20-,21+/m1/s1. The fourth-order valence-electron chi connectivity index (χ4n) is 4.53. The molecule has 0 aliphatic carbocycles. The van der Waals surface area contributed by atoms with Crippen LogP contribution in [0.3, 0.4) is 0 Å². The van der Waals surface area contributed by atoms with Crippen LogP contribution in [0.4, 0.5) is 11.5 Å². The van der Waals surface area contributed by atoms with Gasteiger partial charge in [-0.25, -0.2) is 4.98 Å². The van der Waals surface area contributed by atoms with E-state index in [0.717, 1.165) is 41.3 Å². The second-order valence-corrected chi connectivity index (χ2v) is 8.17. The molecule has 2 atom stereocenters. The van der Waals surface area contributed by atoms with E-state index in [1.807, 2.05) is 49.4 Å². The molecule has 0 unspecified atom stereocenters.